The first-order valence-electron chi connectivity index (χ1n) is 10.8. The summed E-state index contributed by atoms with van der Waals surface area (Å²) in [4.78, 5) is 12.8. The predicted octanol–water partition coefficient (Wildman–Crippen LogP) is 2.46. The average Bonchev–Trinajstić information content (AvgIpc) is 3.35. The maximum Gasteiger partial charge on any atom is 0.272 e. The number of carbonyl (C=O) groups excluding carboxylic acids is 1. The molecule has 1 aliphatic carbocycles. The smallest absolute Gasteiger partial charge is 0.272 e. The second-order valence-electron chi connectivity index (χ2n) is 9.07. The van der Waals surface area contributed by atoms with Gasteiger partial charge in [-0.1, -0.05) is 6.92 Å². The Hall–Kier alpha value is -3.05. The normalized spacial score (nSPS) is 22.8. The van der Waals surface area contributed by atoms with Crippen LogP contribution in [0.15, 0.2) is 24.3 Å². The first kappa shape index (κ1) is 19.9. The molecule has 3 aliphatic rings. The van der Waals surface area contributed by atoms with Gasteiger partial charge in [-0.25, -0.2) is 4.68 Å². The van der Waals surface area contributed by atoms with Crippen LogP contribution in [0.3, 0.4) is 0 Å². The molecule has 1 amide bonds. The third-order valence-electron chi connectivity index (χ3n) is 6.21. The van der Waals surface area contributed by atoms with Crippen molar-refractivity contribution in [3.8, 4) is 17.7 Å². The maximum atomic E-state index is 12.8. The van der Waals surface area contributed by atoms with Crippen molar-refractivity contribution in [1.29, 1.82) is 5.26 Å². The van der Waals surface area contributed by atoms with E-state index < -0.39 is 0 Å². The maximum absolute atomic E-state index is 12.8. The van der Waals surface area contributed by atoms with Crippen LogP contribution in [0.25, 0.3) is 0 Å². The number of rotatable bonds is 6. The summed E-state index contributed by atoms with van der Waals surface area (Å²) in [5.41, 5.74) is 2.20. The van der Waals surface area contributed by atoms with E-state index in [1.54, 1.807) is 22.9 Å². The van der Waals surface area contributed by atoms with Gasteiger partial charge in [-0.15, -0.1) is 0 Å². The number of amides is 1. The highest BCUT2D eigenvalue weighted by Crippen LogP contribution is 2.45. The molecule has 5 rings (SSSR count). The van der Waals surface area contributed by atoms with Crippen LogP contribution in [0.4, 0.5) is 0 Å². The number of fused-ring (bicyclic) bond motifs is 2. The van der Waals surface area contributed by atoms with Crippen molar-refractivity contribution < 1.29 is 19.0 Å². The van der Waals surface area contributed by atoms with Crippen LogP contribution in [0.5, 0.6) is 11.6 Å². The molecule has 8 heteroatoms. The summed E-state index contributed by atoms with van der Waals surface area (Å²) in [5.74, 6) is 1.11. The van der Waals surface area contributed by atoms with E-state index in [0.717, 1.165) is 24.3 Å². The van der Waals surface area contributed by atoms with Gasteiger partial charge in [0.25, 0.3) is 5.91 Å². The summed E-state index contributed by atoms with van der Waals surface area (Å²) in [6, 6.07) is 8.99. The highest BCUT2D eigenvalue weighted by Gasteiger charge is 2.37. The Morgan fingerprint density at radius 1 is 1.42 bits per heavy atom. The standard InChI is InChI=1S/C23H26N4O4/c1-23(5-6-23)14-29-13-18-4-7-27-21(31-18)10-19(26-27)22(28)25-17-9-16-8-15(11-24)2-3-20(16)30-12-17/h2-3,8,10,17-18H,4-7,9,12-14H2,1H3,(H,25,28)/t17-,18?/m1/s1. The molecule has 1 saturated carbocycles. The van der Waals surface area contributed by atoms with Crippen molar-refractivity contribution in [3.63, 3.8) is 0 Å². The van der Waals surface area contributed by atoms with Gasteiger partial charge in [0.05, 0.1) is 30.9 Å². The van der Waals surface area contributed by atoms with Gasteiger partial charge in [0.15, 0.2) is 5.69 Å². The van der Waals surface area contributed by atoms with Gasteiger partial charge in [-0.3, -0.25) is 4.79 Å². The van der Waals surface area contributed by atoms with E-state index >= 15 is 0 Å². The largest absolute Gasteiger partial charge is 0.491 e. The van der Waals surface area contributed by atoms with E-state index in [0.29, 0.717) is 48.7 Å². The zero-order valence-electron chi connectivity index (χ0n) is 17.6. The molecule has 3 heterocycles. The lowest BCUT2D eigenvalue weighted by atomic mass is 10.0. The van der Waals surface area contributed by atoms with Crippen molar-refractivity contribution in [2.24, 2.45) is 5.41 Å². The summed E-state index contributed by atoms with van der Waals surface area (Å²) < 4.78 is 19.3. The average molecular weight is 422 g/mol. The number of ether oxygens (including phenoxy) is 3. The van der Waals surface area contributed by atoms with E-state index in [9.17, 15) is 4.79 Å². The third-order valence-corrected chi connectivity index (χ3v) is 6.21. The monoisotopic (exact) mass is 422 g/mol. The molecular formula is C23H26N4O4. The molecule has 0 spiro atoms. The zero-order valence-corrected chi connectivity index (χ0v) is 17.6. The molecule has 8 nitrogen and oxygen atoms in total. The Labute approximate surface area is 181 Å². The SMILES string of the molecule is CC1(COCC2CCn3nc(C(=O)N[C@H]4COc5ccc(C#N)cc5C4)cc3O2)CC1. The molecule has 1 aromatic carbocycles. The van der Waals surface area contributed by atoms with Gasteiger partial charge in [-0.05, 0) is 48.4 Å². The van der Waals surface area contributed by atoms with Crippen LogP contribution in [0, 0.1) is 16.7 Å². The molecule has 0 saturated heterocycles. The lowest BCUT2D eigenvalue weighted by Crippen LogP contribution is -2.42. The number of nitrogens with one attached hydrogen (secondary N) is 1. The molecule has 2 aliphatic heterocycles. The molecule has 1 unspecified atom stereocenters. The molecule has 2 atom stereocenters. The van der Waals surface area contributed by atoms with Gasteiger partial charge >= 0.3 is 0 Å². The fraction of sp³-hybridized carbons (Fsp3) is 0.522. The molecule has 1 aromatic heterocycles. The van der Waals surface area contributed by atoms with E-state index in [1.165, 1.54) is 12.8 Å². The van der Waals surface area contributed by atoms with Crippen LogP contribution < -0.4 is 14.8 Å². The highest BCUT2D eigenvalue weighted by molar-refractivity contribution is 5.92. The number of aryl methyl sites for hydroxylation is 1. The topological polar surface area (TPSA) is 98.4 Å². The minimum absolute atomic E-state index is 0.0139. The van der Waals surface area contributed by atoms with Crippen molar-refractivity contribution in [2.45, 2.75) is 51.3 Å². The van der Waals surface area contributed by atoms with Gasteiger partial charge < -0.3 is 19.5 Å². The quantitative estimate of drug-likeness (QED) is 0.768. The van der Waals surface area contributed by atoms with Crippen LogP contribution in [0.1, 0.15) is 47.8 Å². The van der Waals surface area contributed by atoms with E-state index in [-0.39, 0.29) is 18.1 Å². The van der Waals surface area contributed by atoms with E-state index in [4.69, 9.17) is 19.5 Å². The Morgan fingerprint density at radius 3 is 3.10 bits per heavy atom. The highest BCUT2D eigenvalue weighted by atomic mass is 16.5. The molecular weight excluding hydrogens is 396 g/mol. The molecule has 162 valence electrons. The number of carbonyl (C=O) groups is 1. The first-order valence-corrected chi connectivity index (χ1v) is 10.8. The second-order valence-corrected chi connectivity index (χ2v) is 9.07. The number of nitrogens with zero attached hydrogens (tertiary/aromatic N) is 3. The molecule has 2 aromatic rings. The Kier molecular flexibility index (Phi) is 5.06. The summed E-state index contributed by atoms with van der Waals surface area (Å²) in [7, 11) is 0. The van der Waals surface area contributed by atoms with Crippen molar-refractivity contribution in [2.75, 3.05) is 19.8 Å². The fourth-order valence-electron chi connectivity index (χ4n) is 3.99. The van der Waals surface area contributed by atoms with Gasteiger partial charge in [0.2, 0.25) is 5.88 Å². The fourth-order valence-corrected chi connectivity index (χ4v) is 3.99. The number of hydrogen-bond donors (Lipinski definition) is 1. The van der Waals surface area contributed by atoms with Crippen LogP contribution in [0.2, 0.25) is 0 Å². The predicted molar refractivity (Wildman–Crippen MR) is 111 cm³/mol. The molecule has 0 radical (unpaired) electrons. The number of benzene rings is 1. The van der Waals surface area contributed by atoms with Crippen LogP contribution in [-0.2, 0) is 17.7 Å². The second kappa shape index (κ2) is 7.89. The first-order chi connectivity index (χ1) is 15.0. The molecule has 31 heavy (non-hydrogen) atoms. The Bertz CT molecular complexity index is 1040. The van der Waals surface area contributed by atoms with Gasteiger partial charge in [0.1, 0.15) is 18.5 Å². The minimum atomic E-state index is -0.256. The molecule has 1 fully saturated rings. The lowest BCUT2D eigenvalue weighted by molar-refractivity contribution is 0.0109. The summed E-state index contributed by atoms with van der Waals surface area (Å²) in [5, 5.41) is 16.5. The van der Waals surface area contributed by atoms with E-state index in [2.05, 4.69) is 23.4 Å². The van der Waals surface area contributed by atoms with Crippen molar-refractivity contribution >= 4 is 5.91 Å². The summed E-state index contributed by atoms with van der Waals surface area (Å²) >= 11 is 0. The Morgan fingerprint density at radius 2 is 2.29 bits per heavy atom. The van der Waals surface area contributed by atoms with Gasteiger partial charge in [-0.2, -0.15) is 10.4 Å². The van der Waals surface area contributed by atoms with Crippen LogP contribution in [-0.4, -0.2) is 47.7 Å². The van der Waals surface area contributed by atoms with Gasteiger partial charge in [0, 0.05) is 19.0 Å². The molecule has 0 bridgehead atoms. The number of hydrogen-bond acceptors (Lipinski definition) is 6. The number of nitriles is 1. The molecule has 1 N–H and O–H groups in total. The zero-order chi connectivity index (χ0) is 21.4. The van der Waals surface area contributed by atoms with Crippen molar-refractivity contribution in [3.05, 3.63) is 41.1 Å². The number of aromatic nitrogens is 2. The minimum Gasteiger partial charge on any atom is -0.491 e. The lowest BCUT2D eigenvalue weighted by Gasteiger charge is -2.25. The third kappa shape index (κ3) is 4.37. The Balaban J connectivity index is 1.17. The van der Waals surface area contributed by atoms with Crippen LogP contribution >= 0.6 is 0 Å². The van der Waals surface area contributed by atoms with Crippen molar-refractivity contribution in [1.82, 2.24) is 15.1 Å². The summed E-state index contributed by atoms with van der Waals surface area (Å²) in [6.07, 6.45) is 3.88. The summed E-state index contributed by atoms with van der Waals surface area (Å²) in [6.45, 7) is 4.67. The van der Waals surface area contributed by atoms with E-state index in [1.807, 2.05) is 6.07 Å².